The maximum atomic E-state index is 5.34. The predicted molar refractivity (Wildman–Crippen MR) is 39.5 cm³/mol. The summed E-state index contributed by atoms with van der Waals surface area (Å²) in [6.07, 6.45) is 0. The molecule has 0 aliphatic carbocycles. The van der Waals surface area contributed by atoms with Gasteiger partial charge in [0.2, 0.25) is 0 Å². The molecule has 0 aromatic heterocycles. The zero-order valence-corrected chi connectivity index (χ0v) is 9.16. The van der Waals surface area contributed by atoms with Crippen molar-refractivity contribution in [2.75, 3.05) is 14.2 Å². The molecule has 0 heterocycles. The Morgan fingerprint density at radius 1 is 1.11 bits per heavy atom. The standard InChI is InChI=1S/C4H12GeO3P/c1-5(2)8-9(6-3)7-4/h1-4H3. The molecule has 0 aliphatic rings. The van der Waals surface area contributed by atoms with Crippen LogP contribution in [0, 0.1) is 0 Å². The molecule has 0 aromatic rings. The molecule has 5 heteroatoms. The van der Waals surface area contributed by atoms with Gasteiger partial charge in [0, 0.05) is 0 Å². The van der Waals surface area contributed by atoms with Crippen molar-refractivity contribution in [3.8, 4) is 0 Å². The van der Waals surface area contributed by atoms with Gasteiger partial charge in [-0.05, 0) is 0 Å². The first-order valence-electron chi connectivity index (χ1n) is 2.57. The molecule has 1 radical (unpaired) electrons. The molecule has 0 saturated heterocycles. The van der Waals surface area contributed by atoms with E-state index in [2.05, 4.69) is 11.5 Å². The van der Waals surface area contributed by atoms with Gasteiger partial charge in [-0.2, -0.15) is 0 Å². The Morgan fingerprint density at radius 2 is 1.56 bits per heavy atom. The van der Waals surface area contributed by atoms with Crippen molar-refractivity contribution in [1.29, 1.82) is 0 Å². The van der Waals surface area contributed by atoms with Crippen LogP contribution in [-0.4, -0.2) is 28.9 Å². The van der Waals surface area contributed by atoms with Crippen LogP contribution in [0.25, 0.3) is 0 Å². The third-order valence-corrected chi connectivity index (χ3v) is 4.90. The van der Waals surface area contributed by atoms with E-state index in [1.165, 1.54) is 0 Å². The summed E-state index contributed by atoms with van der Waals surface area (Å²) in [5, 5.41) is 0. The molecular weight excluding hydrogens is 200 g/mol. The molecular formula is C4H12GeO3P. The van der Waals surface area contributed by atoms with E-state index in [0.29, 0.717) is 0 Å². The van der Waals surface area contributed by atoms with E-state index < -0.39 is 23.3 Å². The Bertz CT molecular complexity index is 66.8. The van der Waals surface area contributed by atoms with E-state index in [9.17, 15) is 0 Å². The second-order valence-electron chi connectivity index (χ2n) is 1.59. The van der Waals surface area contributed by atoms with Gasteiger partial charge in [0.15, 0.2) is 0 Å². The topological polar surface area (TPSA) is 27.7 Å². The molecule has 0 fully saturated rings. The van der Waals surface area contributed by atoms with Crippen molar-refractivity contribution >= 4 is 23.3 Å². The van der Waals surface area contributed by atoms with Crippen LogP contribution in [-0.2, 0) is 12.6 Å². The van der Waals surface area contributed by atoms with Crippen molar-refractivity contribution in [2.24, 2.45) is 0 Å². The van der Waals surface area contributed by atoms with Gasteiger partial charge in [0.25, 0.3) is 0 Å². The molecule has 0 aliphatic heterocycles. The SMILES string of the molecule is COP(OC)[O][Ge]([CH3])[CH3]. The van der Waals surface area contributed by atoms with Crippen molar-refractivity contribution < 1.29 is 12.6 Å². The number of hydrogen-bond donors (Lipinski definition) is 0. The Morgan fingerprint density at radius 3 is 1.67 bits per heavy atom. The number of hydrogen-bond acceptors (Lipinski definition) is 3. The summed E-state index contributed by atoms with van der Waals surface area (Å²) in [6.45, 7) is 0. The maximum absolute atomic E-state index is 5.34. The Balaban J connectivity index is 3.31. The molecule has 0 N–H and O–H groups in total. The van der Waals surface area contributed by atoms with Crippen LogP contribution in [0.3, 0.4) is 0 Å². The average Bonchev–Trinajstić information content (AvgIpc) is 1.82. The zero-order chi connectivity index (χ0) is 7.28. The van der Waals surface area contributed by atoms with Crippen molar-refractivity contribution in [3.05, 3.63) is 0 Å². The van der Waals surface area contributed by atoms with Gasteiger partial charge in [0.05, 0.1) is 0 Å². The fourth-order valence-corrected chi connectivity index (χ4v) is 3.71. The third kappa shape index (κ3) is 5.30. The quantitative estimate of drug-likeness (QED) is 0.524. The first kappa shape index (κ1) is 9.85. The molecule has 0 saturated carbocycles. The van der Waals surface area contributed by atoms with Gasteiger partial charge >= 0.3 is 61.6 Å². The summed E-state index contributed by atoms with van der Waals surface area (Å²) in [6, 6.07) is 0. The van der Waals surface area contributed by atoms with Crippen LogP contribution in [0.2, 0.25) is 11.5 Å². The van der Waals surface area contributed by atoms with Crippen molar-refractivity contribution in [3.63, 3.8) is 0 Å². The Kier molecular flexibility index (Phi) is 6.16. The van der Waals surface area contributed by atoms with E-state index in [-0.39, 0.29) is 0 Å². The summed E-state index contributed by atoms with van der Waals surface area (Å²) < 4.78 is 15.1. The average molecular weight is 212 g/mol. The van der Waals surface area contributed by atoms with Gasteiger partial charge in [-0.1, -0.05) is 0 Å². The second-order valence-corrected chi connectivity index (χ2v) is 7.91. The van der Waals surface area contributed by atoms with Gasteiger partial charge in [0.1, 0.15) is 0 Å². The second kappa shape index (κ2) is 5.62. The van der Waals surface area contributed by atoms with E-state index in [1.54, 1.807) is 14.2 Å². The zero-order valence-electron chi connectivity index (χ0n) is 6.17. The van der Waals surface area contributed by atoms with E-state index in [4.69, 9.17) is 12.6 Å². The molecule has 0 atom stereocenters. The fourth-order valence-electron chi connectivity index (χ4n) is 0.298. The van der Waals surface area contributed by atoms with Crippen molar-refractivity contribution in [2.45, 2.75) is 11.5 Å². The van der Waals surface area contributed by atoms with Crippen LogP contribution >= 0.6 is 8.60 Å². The monoisotopic (exact) mass is 213 g/mol. The van der Waals surface area contributed by atoms with E-state index in [0.717, 1.165) is 0 Å². The summed E-state index contributed by atoms with van der Waals surface area (Å²) >= 11 is -1.21. The van der Waals surface area contributed by atoms with Crippen LogP contribution in [0.4, 0.5) is 0 Å². The van der Waals surface area contributed by atoms with Crippen LogP contribution < -0.4 is 0 Å². The molecule has 0 spiro atoms. The molecule has 0 aromatic carbocycles. The van der Waals surface area contributed by atoms with Crippen molar-refractivity contribution in [1.82, 2.24) is 0 Å². The van der Waals surface area contributed by atoms with Gasteiger partial charge in [-0.25, -0.2) is 0 Å². The summed E-state index contributed by atoms with van der Waals surface area (Å²) in [4.78, 5) is 0. The van der Waals surface area contributed by atoms with Gasteiger partial charge in [-0.3, -0.25) is 0 Å². The molecule has 0 amide bonds. The van der Waals surface area contributed by atoms with Crippen LogP contribution in [0.1, 0.15) is 0 Å². The Hall–Kier alpha value is 0.853. The predicted octanol–water partition coefficient (Wildman–Crippen LogP) is 1.77. The molecule has 9 heavy (non-hydrogen) atoms. The molecule has 0 rings (SSSR count). The Labute approximate surface area is 62.1 Å². The first-order valence-corrected chi connectivity index (χ1v) is 8.72. The van der Waals surface area contributed by atoms with Crippen LogP contribution in [0.15, 0.2) is 0 Å². The number of rotatable bonds is 4. The minimum absolute atomic E-state index is 1.02. The minimum atomic E-state index is -1.21. The summed E-state index contributed by atoms with van der Waals surface area (Å²) in [5.41, 5.74) is 0. The fraction of sp³-hybridized carbons (Fsp3) is 1.00. The van der Waals surface area contributed by atoms with E-state index in [1.807, 2.05) is 0 Å². The summed E-state index contributed by atoms with van der Waals surface area (Å²) in [7, 11) is 2.17. The normalized spacial score (nSPS) is 11.3. The van der Waals surface area contributed by atoms with Gasteiger partial charge < -0.3 is 0 Å². The molecule has 3 nitrogen and oxygen atoms in total. The molecule has 55 valence electrons. The summed E-state index contributed by atoms with van der Waals surface area (Å²) in [5.74, 6) is 4.21. The van der Waals surface area contributed by atoms with Gasteiger partial charge in [-0.15, -0.1) is 0 Å². The van der Waals surface area contributed by atoms with E-state index >= 15 is 0 Å². The molecule has 0 bridgehead atoms. The third-order valence-electron chi connectivity index (χ3n) is 0.555. The molecule has 0 unspecified atom stereocenters. The van der Waals surface area contributed by atoms with Crippen LogP contribution in [0.5, 0.6) is 0 Å². The first-order chi connectivity index (χ1) is 4.20.